The number of hydrogen-bond donors (Lipinski definition) is 1. The summed E-state index contributed by atoms with van der Waals surface area (Å²) in [5.74, 6) is -0.971. The molecule has 96 valence electrons. The fourth-order valence-electron chi connectivity index (χ4n) is 2.00. The summed E-state index contributed by atoms with van der Waals surface area (Å²) in [5, 5.41) is 12.0. The van der Waals surface area contributed by atoms with Crippen LogP contribution >= 0.6 is 0 Å². The zero-order valence-corrected chi connectivity index (χ0v) is 10.2. The summed E-state index contributed by atoms with van der Waals surface area (Å²) >= 11 is 0. The highest BCUT2D eigenvalue weighted by Gasteiger charge is 2.36. The molecule has 0 aliphatic heterocycles. The number of hydrogen-bond acceptors (Lipinski definition) is 6. The Hall–Kier alpha value is -1.59. The molecule has 0 bridgehead atoms. The SMILES string of the molecule is CC(=O)O[C@@H]1C/C(=N\O)C(C)[C@@H](OC(C)=O)C1. The van der Waals surface area contributed by atoms with E-state index in [-0.39, 0.29) is 5.92 Å². The van der Waals surface area contributed by atoms with Gasteiger partial charge in [-0.25, -0.2) is 0 Å². The van der Waals surface area contributed by atoms with Gasteiger partial charge in [0.15, 0.2) is 0 Å². The third kappa shape index (κ3) is 3.72. The van der Waals surface area contributed by atoms with E-state index in [1.54, 1.807) is 0 Å². The molecule has 0 spiro atoms. The standard InChI is InChI=1S/C11H17NO5/c1-6-10(12-15)4-9(16-7(2)13)5-11(6)17-8(3)14/h6,9,11,15H,4-5H2,1-3H3/b12-10+/t6?,9-,11+/m1/s1. The Morgan fingerprint density at radius 2 is 1.88 bits per heavy atom. The van der Waals surface area contributed by atoms with E-state index in [0.717, 1.165) is 0 Å². The molecule has 0 amide bonds. The first kappa shape index (κ1) is 13.5. The Morgan fingerprint density at radius 3 is 2.35 bits per heavy atom. The van der Waals surface area contributed by atoms with Crippen molar-refractivity contribution >= 4 is 17.7 Å². The minimum absolute atomic E-state index is 0.171. The molecule has 0 radical (unpaired) electrons. The van der Waals surface area contributed by atoms with Crippen molar-refractivity contribution in [3.05, 3.63) is 0 Å². The molecule has 1 aliphatic rings. The normalized spacial score (nSPS) is 31.0. The Balaban J connectivity index is 2.75. The van der Waals surface area contributed by atoms with Gasteiger partial charge in [0.2, 0.25) is 0 Å². The zero-order valence-electron chi connectivity index (χ0n) is 10.2. The van der Waals surface area contributed by atoms with Crippen LogP contribution in [-0.2, 0) is 19.1 Å². The van der Waals surface area contributed by atoms with Gasteiger partial charge < -0.3 is 14.7 Å². The van der Waals surface area contributed by atoms with E-state index in [1.165, 1.54) is 13.8 Å². The smallest absolute Gasteiger partial charge is 0.302 e. The summed E-state index contributed by atoms with van der Waals surface area (Å²) in [6.07, 6.45) is -0.0237. The molecule has 0 aromatic carbocycles. The van der Waals surface area contributed by atoms with Crippen LogP contribution in [0.3, 0.4) is 0 Å². The highest BCUT2D eigenvalue weighted by molar-refractivity contribution is 5.88. The van der Waals surface area contributed by atoms with E-state index >= 15 is 0 Å². The Morgan fingerprint density at radius 1 is 1.29 bits per heavy atom. The van der Waals surface area contributed by atoms with Crippen molar-refractivity contribution in [2.45, 2.75) is 45.8 Å². The summed E-state index contributed by atoms with van der Waals surface area (Å²) in [4.78, 5) is 21.8. The zero-order chi connectivity index (χ0) is 13.0. The van der Waals surface area contributed by atoms with Crippen LogP contribution in [0.2, 0.25) is 0 Å². The minimum atomic E-state index is -0.420. The molecule has 1 aliphatic carbocycles. The predicted octanol–water partition coefficient (Wildman–Crippen LogP) is 1.11. The van der Waals surface area contributed by atoms with E-state index < -0.39 is 24.1 Å². The summed E-state index contributed by atoms with van der Waals surface area (Å²) in [5.41, 5.74) is 0.480. The molecule has 1 fully saturated rings. The molecule has 6 nitrogen and oxygen atoms in total. The third-order valence-electron chi connectivity index (χ3n) is 2.79. The van der Waals surface area contributed by atoms with Gasteiger partial charge in [-0.1, -0.05) is 12.1 Å². The van der Waals surface area contributed by atoms with Crippen LogP contribution in [0.4, 0.5) is 0 Å². The van der Waals surface area contributed by atoms with Gasteiger partial charge in [-0.15, -0.1) is 0 Å². The topological polar surface area (TPSA) is 85.2 Å². The maximum Gasteiger partial charge on any atom is 0.302 e. The third-order valence-corrected chi connectivity index (χ3v) is 2.79. The molecule has 1 rings (SSSR count). The van der Waals surface area contributed by atoms with Crippen LogP contribution in [0, 0.1) is 5.92 Å². The van der Waals surface area contributed by atoms with Crippen molar-refractivity contribution in [2.24, 2.45) is 11.1 Å². The molecule has 3 atom stereocenters. The van der Waals surface area contributed by atoms with Crippen LogP contribution in [-0.4, -0.2) is 35.1 Å². The van der Waals surface area contributed by atoms with Gasteiger partial charge >= 0.3 is 11.9 Å². The molecule has 17 heavy (non-hydrogen) atoms. The summed E-state index contributed by atoms with van der Waals surface area (Å²) in [6, 6.07) is 0. The van der Waals surface area contributed by atoms with Gasteiger partial charge in [-0.3, -0.25) is 9.59 Å². The molecule has 6 heteroatoms. The quantitative estimate of drug-likeness (QED) is 0.446. The van der Waals surface area contributed by atoms with Crippen LogP contribution in [0.1, 0.15) is 33.6 Å². The highest BCUT2D eigenvalue weighted by atomic mass is 16.6. The minimum Gasteiger partial charge on any atom is -0.462 e. The van der Waals surface area contributed by atoms with E-state index in [4.69, 9.17) is 14.7 Å². The van der Waals surface area contributed by atoms with Gasteiger partial charge in [0, 0.05) is 32.6 Å². The van der Waals surface area contributed by atoms with Crippen molar-refractivity contribution in [2.75, 3.05) is 0 Å². The van der Waals surface area contributed by atoms with Gasteiger partial charge in [0.25, 0.3) is 0 Å². The largest absolute Gasteiger partial charge is 0.462 e. The maximum atomic E-state index is 10.9. The highest BCUT2D eigenvalue weighted by Crippen LogP contribution is 2.27. The van der Waals surface area contributed by atoms with Crippen LogP contribution in [0.25, 0.3) is 0 Å². The molecule has 1 saturated carbocycles. The van der Waals surface area contributed by atoms with E-state index in [2.05, 4.69) is 5.16 Å². The lowest BCUT2D eigenvalue weighted by atomic mass is 9.84. The monoisotopic (exact) mass is 243 g/mol. The number of carbonyl (C=O) groups excluding carboxylic acids is 2. The molecule has 0 aromatic rings. The van der Waals surface area contributed by atoms with E-state index in [9.17, 15) is 9.59 Å². The number of oxime groups is 1. The van der Waals surface area contributed by atoms with E-state index in [1.807, 2.05) is 6.92 Å². The lowest BCUT2D eigenvalue weighted by Crippen LogP contribution is -2.41. The number of nitrogens with zero attached hydrogens (tertiary/aromatic N) is 1. The van der Waals surface area contributed by atoms with Crippen LogP contribution in [0.15, 0.2) is 5.16 Å². The first-order valence-electron chi connectivity index (χ1n) is 5.49. The molecule has 1 unspecified atom stereocenters. The second kappa shape index (κ2) is 5.65. The van der Waals surface area contributed by atoms with Gasteiger partial charge in [-0.2, -0.15) is 0 Å². The van der Waals surface area contributed by atoms with E-state index in [0.29, 0.717) is 18.6 Å². The fourth-order valence-corrected chi connectivity index (χ4v) is 2.00. The Labute approximate surface area is 99.6 Å². The molecule has 1 N–H and O–H groups in total. The number of esters is 2. The van der Waals surface area contributed by atoms with Crippen molar-refractivity contribution in [3.8, 4) is 0 Å². The van der Waals surface area contributed by atoms with Crippen molar-refractivity contribution < 1.29 is 24.3 Å². The van der Waals surface area contributed by atoms with Crippen LogP contribution in [0.5, 0.6) is 0 Å². The second-order valence-electron chi connectivity index (χ2n) is 4.20. The van der Waals surface area contributed by atoms with Crippen molar-refractivity contribution in [3.63, 3.8) is 0 Å². The number of ether oxygens (including phenoxy) is 2. The first-order chi connectivity index (χ1) is 7.93. The Bertz CT molecular complexity index is 339. The fraction of sp³-hybridized carbons (Fsp3) is 0.727. The van der Waals surface area contributed by atoms with Crippen molar-refractivity contribution in [1.29, 1.82) is 0 Å². The average Bonchev–Trinajstić information content (AvgIpc) is 2.21. The number of carbonyl (C=O) groups is 2. The molecule has 0 heterocycles. The summed E-state index contributed by atoms with van der Waals surface area (Å²) in [6.45, 7) is 4.44. The summed E-state index contributed by atoms with van der Waals surface area (Å²) in [7, 11) is 0. The molecule has 0 aromatic heterocycles. The number of rotatable bonds is 2. The Kier molecular flexibility index (Phi) is 4.48. The lowest BCUT2D eigenvalue weighted by molar-refractivity contribution is -0.155. The van der Waals surface area contributed by atoms with Gasteiger partial charge in [0.05, 0.1) is 5.71 Å². The molecular weight excluding hydrogens is 226 g/mol. The molecule has 0 saturated heterocycles. The lowest BCUT2D eigenvalue weighted by Gasteiger charge is -2.33. The van der Waals surface area contributed by atoms with Crippen LogP contribution < -0.4 is 0 Å². The average molecular weight is 243 g/mol. The van der Waals surface area contributed by atoms with Gasteiger partial charge in [0.1, 0.15) is 12.2 Å². The summed E-state index contributed by atoms with van der Waals surface area (Å²) < 4.78 is 10.2. The van der Waals surface area contributed by atoms with Gasteiger partial charge in [-0.05, 0) is 0 Å². The second-order valence-corrected chi connectivity index (χ2v) is 4.20. The molecular formula is C11H17NO5. The van der Waals surface area contributed by atoms with Crippen molar-refractivity contribution in [1.82, 2.24) is 0 Å². The first-order valence-corrected chi connectivity index (χ1v) is 5.49. The maximum absolute atomic E-state index is 10.9. The predicted molar refractivity (Wildman–Crippen MR) is 58.7 cm³/mol.